The largest absolute Gasteiger partial charge is 0.492 e. The Hall–Kier alpha value is -1.29. The van der Waals surface area contributed by atoms with Crippen LogP contribution in [0, 0.1) is 12.7 Å². The van der Waals surface area contributed by atoms with Crippen LogP contribution < -0.4 is 15.2 Å². The van der Waals surface area contributed by atoms with Gasteiger partial charge in [-0.25, -0.2) is 4.39 Å². The average Bonchev–Trinajstić information content (AvgIpc) is 2.30. The van der Waals surface area contributed by atoms with E-state index in [0.29, 0.717) is 12.3 Å². The maximum Gasteiger partial charge on any atom is 0.197 e. The molecule has 1 aromatic carbocycles. The lowest BCUT2D eigenvalue weighted by Gasteiger charge is -2.43. The fraction of sp³-hybridized carbons (Fsp3) is 0.571. The molecule has 0 unspecified atom stereocenters. The fourth-order valence-electron chi connectivity index (χ4n) is 2.93. The number of hydrogen-bond acceptors (Lipinski definition) is 3. The number of methoxy groups -OCH3 is 2. The monoisotopic (exact) mass is 253 g/mol. The van der Waals surface area contributed by atoms with Crippen molar-refractivity contribution in [3.05, 3.63) is 23.0 Å². The summed E-state index contributed by atoms with van der Waals surface area (Å²) in [7, 11) is 3.00. The first-order valence-electron chi connectivity index (χ1n) is 6.21. The van der Waals surface area contributed by atoms with Gasteiger partial charge in [0.2, 0.25) is 0 Å². The van der Waals surface area contributed by atoms with Crippen LogP contribution in [0.15, 0.2) is 6.07 Å². The second kappa shape index (κ2) is 4.76. The van der Waals surface area contributed by atoms with Crippen LogP contribution >= 0.6 is 0 Å². The van der Waals surface area contributed by atoms with E-state index in [1.807, 2.05) is 6.92 Å². The van der Waals surface area contributed by atoms with Crippen molar-refractivity contribution in [1.82, 2.24) is 0 Å². The van der Waals surface area contributed by atoms with E-state index in [1.54, 1.807) is 7.11 Å². The Balaban J connectivity index is 2.65. The molecule has 0 bridgehead atoms. The Morgan fingerprint density at radius 3 is 2.28 bits per heavy atom. The summed E-state index contributed by atoms with van der Waals surface area (Å²) in [5.74, 6) is 0.292. The third-order valence-corrected chi connectivity index (χ3v) is 4.03. The minimum absolute atomic E-state index is 0.0730. The van der Waals surface area contributed by atoms with Gasteiger partial charge in [0.15, 0.2) is 17.3 Å². The van der Waals surface area contributed by atoms with Crippen LogP contribution in [0.25, 0.3) is 0 Å². The summed E-state index contributed by atoms with van der Waals surface area (Å²) in [6.07, 6.45) is 3.20. The highest BCUT2D eigenvalue weighted by Crippen LogP contribution is 2.50. The van der Waals surface area contributed by atoms with Crippen LogP contribution in [-0.2, 0) is 5.41 Å². The van der Waals surface area contributed by atoms with Gasteiger partial charge in [0, 0.05) is 17.5 Å². The molecule has 0 radical (unpaired) electrons. The van der Waals surface area contributed by atoms with Crippen molar-refractivity contribution in [2.45, 2.75) is 31.6 Å². The fourth-order valence-corrected chi connectivity index (χ4v) is 2.93. The zero-order valence-corrected chi connectivity index (χ0v) is 11.2. The van der Waals surface area contributed by atoms with E-state index in [0.717, 1.165) is 30.4 Å². The van der Waals surface area contributed by atoms with Gasteiger partial charge in [0.25, 0.3) is 0 Å². The van der Waals surface area contributed by atoms with E-state index >= 15 is 0 Å². The molecule has 3 nitrogen and oxygen atoms in total. The zero-order chi connectivity index (χ0) is 13.3. The minimum Gasteiger partial charge on any atom is -0.492 e. The number of rotatable bonds is 4. The normalized spacial score (nSPS) is 17.2. The first-order valence-corrected chi connectivity index (χ1v) is 6.21. The molecule has 4 heteroatoms. The average molecular weight is 253 g/mol. The molecule has 1 saturated carbocycles. The summed E-state index contributed by atoms with van der Waals surface area (Å²) in [6.45, 7) is 2.45. The van der Waals surface area contributed by atoms with Gasteiger partial charge in [0.1, 0.15) is 0 Å². The van der Waals surface area contributed by atoms with Gasteiger partial charge in [0.05, 0.1) is 14.2 Å². The minimum atomic E-state index is -0.387. The third-order valence-electron chi connectivity index (χ3n) is 4.03. The quantitative estimate of drug-likeness (QED) is 0.896. The van der Waals surface area contributed by atoms with Crippen molar-refractivity contribution in [3.8, 4) is 11.5 Å². The van der Waals surface area contributed by atoms with Crippen molar-refractivity contribution < 1.29 is 13.9 Å². The van der Waals surface area contributed by atoms with Crippen molar-refractivity contribution in [3.63, 3.8) is 0 Å². The van der Waals surface area contributed by atoms with Crippen molar-refractivity contribution in [2.75, 3.05) is 20.8 Å². The summed E-state index contributed by atoms with van der Waals surface area (Å²) in [5.41, 5.74) is 7.76. The Labute approximate surface area is 107 Å². The van der Waals surface area contributed by atoms with Crippen molar-refractivity contribution in [2.24, 2.45) is 5.73 Å². The molecule has 1 fully saturated rings. The number of aryl methyl sites for hydroxylation is 1. The summed E-state index contributed by atoms with van der Waals surface area (Å²) < 4.78 is 24.4. The highest BCUT2D eigenvalue weighted by atomic mass is 19.1. The molecule has 0 heterocycles. The van der Waals surface area contributed by atoms with E-state index in [1.165, 1.54) is 13.2 Å². The first kappa shape index (κ1) is 13.1. The van der Waals surface area contributed by atoms with E-state index in [2.05, 4.69) is 0 Å². The zero-order valence-electron chi connectivity index (χ0n) is 11.2. The standard InChI is InChI=1S/C14H20FNO2/c1-9-7-10(15)12(17-2)13(18-3)11(9)14(8-16)5-4-6-14/h7H,4-6,8,16H2,1-3H3. The Kier molecular flexibility index (Phi) is 3.48. The predicted molar refractivity (Wildman–Crippen MR) is 68.8 cm³/mol. The lowest BCUT2D eigenvalue weighted by Crippen LogP contribution is -2.42. The van der Waals surface area contributed by atoms with Gasteiger partial charge >= 0.3 is 0 Å². The number of hydrogen-bond donors (Lipinski definition) is 1. The van der Waals surface area contributed by atoms with E-state index in [-0.39, 0.29) is 17.0 Å². The van der Waals surface area contributed by atoms with Gasteiger partial charge in [-0.2, -0.15) is 0 Å². The first-order chi connectivity index (χ1) is 8.59. The molecule has 0 aromatic heterocycles. The number of halogens is 1. The molecule has 0 spiro atoms. The molecule has 0 amide bonds. The lowest BCUT2D eigenvalue weighted by atomic mass is 9.63. The number of nitrogens with two attached hydrogens (primary N) is 1. The topological polar surface area (TPSA) is 44.5 Å². The molecule has 0 atom stereocenters. The highest BCUT2D eigenvalue weighted by Gasteiger charge is 2.42. The molecule has 0 aliphatic heterocycles. The van der Waals surface area contributed by atoms with Crippen LogP contribution in [-0.4, -0.2) is 20.8 Å². The maximum absolute atomic E-state index is 13.9. The number of ether oxygens (including phenoxy) is 2. The summed E-state index contributed by atoms with van der Waals surface area (Å²) >= 11 is 0. The van der Waals surface area contributed by atoms with Crippen molar-refractivity contribution in [1.29, 1.82) is 0 Å². The van der Waals surface area contributed by atoms with Crippen LogP contribution in [0.2, 0.25) is 0 Å². The molecule has 2 N–H and O–H groups in total. The molecule has 1 aromatic rings. The van der Waals surface area contributed by atoms with Gasteiger partial charge in [-0.15, -0.1) is 0 Å². The Morgan fingerprint density at radius 1 is 1.28 bits per heavy atom. The van der Waals surface area contributed by atoms with Gasteiger partial charge < -0.3 is 15.2 Å². The SMILES string of the molecule is COc1c(F)cc(C)c(C2(CN)CCC2)c1OC. The van der Waals surface area contributed by atoms with Gasteiger partial charge in [-0.1, -0.05) is 6.42 Å². The highest BCUT2D eigenvalue weighted by molar-refractivity contribution is 5.55. The van der Waals surface area contributed by atoms with Crippen LogP contribution in [0.5, 0.6) is 11.5 Å². The predicted octanol–water partition coefficient (Wildman–Crippen LogP) is 2.53. The molecular formula is C14H20FNO2. The second-order valence-corrected chi connectivity index (χ2v) is 4.95. The van der Waals surface area contributed by atoms with Crippen LogP contribution in [0.1, 0.15) is 30.4 Å². The van der Waals surface area contributed by atoms with E-state index in [4.69, 9.17) is 15.2 Å². The number of benzene rings is 1. The molecule has 1 aliphatic rings. The lowest BCUT2D eigenvalue weighted by molar-refractivity contribution is 0.237. The Bertz CT molecular complexity index is 450. The molecule has 2 rings (SSSR count). The second-order valence-electron chi connectivity index (χ2n) is 4.95. The van der Waals surface area contributed by atoms with E-state index < -0.39 is 0 Å². The van der Waals surface area contributed by atoms with Gasteiger partial charge in [-0.3, -0.25) is 0 Å². The van der Waals surface area contributed by atoms with Crippen LogP contribution in [0.3, 0.4) is 0 Å². The maximum atomic E-state index is 13.9. The third kappa shape index (κ3) is 1.75. The van der Waals surface area contributed by atoms with Crippen LogP contribution in [0.4, 0.5) is 4.39 Å². The van der Waals surface area contributed by atoms with Crippen molar-refractivity contribution >= 4 is 0 Å². The molecular weight excluding hydrogens is 233 g/mol. The summed E-state index contributed by atoms with van der Waals surface area (Å²) in [6, 6.07) is 1.51. The molecule has 100 valence electrons. The molecule has 1 aliphatic carbocycles. The molecule has 0 saturated heterocycles. The Morgan fingerprint density at radius 2 is 1.89 bits per heavy atom. The summed E-state index contributed by atoms with van der Waals surface area (Å²) in [5, 5.41) is 0. The smallest absolute Gasteiger partial charge is 0.197 e. The van der Waals surface area contributed by atoms with Gasteiger partial charge in [-0.05, 0) is 31.4 Å². The molecule has 18 heavy (non-hydrogen) atoms. The summed E-state index contributed by atoms with van der Waals surface area (Å²) in [4.78, 5) is 0. The van der Waals surface area contributed by atoms with E-state index in [9.17, 15) is 4.39 Å².